The summed E-state index contributed by atoms with van der Waals surface area (Å²) in [5.74, 6) is 0.171. The molecule has 0 aliphatic carbocycles. The smallest absolute Gasteiger partial charge is 0.387 e. The molecule has 1 saturated heterocycles. The van der Waals surface area contributed by atoms with Crippen LogP contribution in [0.1, 0.15) is 31.4 Å². The first kappa shape index (κ1) is 14.2. The van der Waals surface area contributed by atoms with Gasteiger partial charge in [-0.2, -0.15) is 8.78 Å². The summed E-state index contributed by atoms with van der Waals surface area (Å²) in [5.41, 5.74) is 1.04. The quantitative estimate of drug-likeness (QED) is 0.914. The molecule has 1 aliphatic rings. The minimum absolute atomic E-state index is 0.163. The van der Waals surface area contributed by atoms with Crippen molar-refractivity contribution < 1.29 is 18.6 Å². The lowest BCUT2D eigenvalue weighted by Gasteiger charge is -2.35. The monoisotopic (exact) mass is 271 g/mol. The minimum atomic E-state index is -2.79. The molecule has 0 amide bonds. The van der Waals surface area contributed by atoms with E-state index in [1.165, 1.54) is 0 Å². The number of aliphatic hydroxyl groups is 1. The Kier molecular flexibility index (Phi) is 4.71. The number of rotatable bonds is 4. The maximum Gasteiger partial charge on any atom is 0.387 e. The molecule has 0 radical (unpaired) electrons. The Morgan fingerprint density at radius 3 is 2.58 bits per heavy atom. The molecule has 0 saturated carbocycles. The molecule has 1 aromatic rings. The molecule has 106 valence electrons. The molecule has 0 spiro atoms. The van der Waals surface area contributed by atoms with E-state index < -0.39 is 6.61 Å². The Hall–Kier alpha value is -1.20. The zero-order valence-electron chi connectivity index (χ0n) is 10.9. The number of piperidine rings is 1. The summed E-state index contributed by atoms with van der Waals surface area (Å²) in [6, 6.07) is 6.86. The van der Waals surface area contributed by atoms with Crippen LogP contribution in [0.5, 0.6) is 5.75 Å². The van der Waals surface area contributed by atoms with Gasteiger partial charge in [-0.1, -0.05) is 12.1 Å². The second-order valence-electron chi connectivity index (χ2n) is 4.91. The molecular formula is C14H19F2NO2. The molecule has 1 aromatic carbocycles. The van der Waals surface area contributed by atoms with Gasteiger partial charge in [0.2, 0.25) is 0 Å². The topological polar surface area (TPSA) is 32.7 Å². The number of halogens is 2. The molecule has 1 aliphatic heterocycles. The third kappa shape index (κ3) is 3.88. The van der Waals surface area contributed by atoms with Crippen molar-refractivity contribution in [3.05, 3.63) is 29.8 Å². The highest BCUT2D eigenvalue weighted by Crippen LogP contribution is 2.26. The van der Waals surface area contributed by atoms with E-state index in [2.05, 4.69) is 16.6 Å². The summed E-state index contributed by atoms with van der Waals surface area (Å²) in [6.45, 7) is 0.880. The zero-order valence-corrected chi connectivity index (χ0v) is 10.9. The van der Waals surface area contributed by atoms with E-state index in [-0.39, 0.29) is 17.9 Å². The lowest BCUT2D eigenvalue weighted by molar-refractivity contribution is -0.0498. The van der Waals surface area contributed by atoms with E-state index in [1.54, 1.807) is 24.3 Å². The Morgan fingerprint density at radius 1 is 1.32 bits per heavy atom. The minimum Gasteiger partial charge on any atom is -0.435 e. The summed E-state index contributed by atoms with van der Waals surface area (Å²) < 4.78 is 28.4. The van der Waals surface area contributed by atoms with Crippen LogP contribution < -0.4 is 4.74 Å². The van der Waals surface area contributed by atoms with Crippen molar-refractivity contribution in [1.29, 1.82) is 0 Å². The van der Waals surface area contributed by atoms with Crippen molar-refractivity contribution in [3.63, 3.8) is 0 Å². The van der Waals surface area contributed by atoms with Crippen molar-refractivity contribution in [2.24, 2.45) is 0 Å². The molecular weight excluding hydrogens is 252 g/mol. The van der Waals surface area contributed by atoms with Gasteiger partial charge in [0.1, 0.15) is 5.75 Å². The molecule has 2 unspecified atom stereocenters. The fourth-order valence-corrected chi connectivity index (χ4v) is 2.47. The molecule has 0 aromatic heterocycles. The number of likely N-dealkylation sites (tertiary alicyclic amines) is 1. The number of alkyl halides is 2. The highest BCUT2D eigenvalue weighted by Gasteiger charge is 2.22. The first-order valence-electron chi connectivity index (χ1n) is 6.53. The molecule has 19 heavy (non-hydrogen) atoms. The van der Waals surface area contributed by atoms with Gasteiger partial charge in [-0.05, 0) is 44.0 Å². The Morgan fingerprint density at radius 2 is 2.00 bits per heavy atom. The highest BCUT2D eigenvalue weighted by molar-refractivity contribution is 5.29. The van der Waals surface area contributed by atoms with E-state index in [0.29, 0.717) is 6.54 Å². The summed E-state index contributed by atoms with van der Waals surface area (Å²) in [7, 11) is 0. The van der Waals surface area contributed by atoms with Crippen molar-refractivity contribution in [3.8, 4) is 5.75 Å². The van der Waals surface area contributed by atoms with Gasteiger partial charge < -0.3 is 9.84 Å². The number of hydrogen-bond acceptors (Lipinski definition) is 3. The van der Waals surface area contributed by atoms with E-state index in [1.807, 2.05) is 0 Å². The van der Waals surface area contributed by atoms with Crippen LogP contribution in [0.4, 0.5) is 8.78 Å². The van der Waals surface area contributed by atoms with E-state index in [9.17, 15) is 13.9 Å². The number of aliphatic hydroxyl groups excluding tert-OH is 1. The number of nitrogens with zero attached hydrogens (tertiary/aromatic N) is 1. The molecule has 1 N–H and O–H groups in total. The van der Waals surface area contributed by atoms with Crippen LogP contribution in [0.2, 0.25) is 0 Å². The van der Waals surface area contributed by atoms with E-state index in [0.717, 1.165) is 24.9 Å². The number of ether oxygens (including phenoxy) is 1. The highest BCUT2D eigenvalue weighted by atomic mass is 19.3. The predicted molar refractivity (Wildman–Crippen MR) is 68.3 cm³/mol. The maximum atomic E-state index is 12.1. The predicted octanol–water partition coefficient (Wildman–Crippen LogP) is 2.81. The van der Waals surface area contributed by atoms with Crippen LogP contribution in [0.25, 0.3) is 0 Å². The van der Waals surface area contributed by atoms with Gasteiger partial charge in [0.15, 0.2) is 0 Å². The third-order valence-corrected chi connectivity index (χ3v) is 3.56. The van der Waals surface area contributed by atoms with Gasteiger partial charge in [0.05, 0.1) is 6.10 Å². The van der Waals surface area contributed by atoms with Crippen molar-refractivity contribution in [2.75, 3.05) is 13.1 Å². The Balaban J connectivity index is 2.00. The van der Waals surface area contributed by atoms with Crippen LogP contribution in [0.15, 0.2) is 24.3 Å². The maximum absolute atomic E-state index is 12.1. The average Bonchev–Trinajstić information content (AvgIpc) is 2.38. The molecule has 0 bridgehead atoms. The Labute approximate surface area is 111 Å². The Bertz CT molecular complexity index is 397. The SMILES string of the molecule is CC(c1ccc(OC(F)F)cc1)N1CCCC(O)C1. The van der Waals surface area contributed by atoms with Gasteiger partial charge in [0, 0.05) is 12.6 Å². The van der Waals surface area contributed by atoms with Crippen LogP contribution in [-0.2, 0) is 0 Å². The van der Waals surface area contributed by atoms with Crippen LogP contribution in [-0.4, -0.2) is 35.8 Å². The van der Waals surface area contributed by atoms with Crippen molar-refractivity contribution in [1.82, 2.24) is 4.90 Å². The standard InChI is InChI=1S/C14H19F2NO2/c1-10(17-8-2-3-12(18)9-17)11-4-6-13(7-5-11)19-14(15)16/h4-7,10,12,14,18H,2-3,8-9H2,1H3. The van der Waals surface area contributed by atoms with E-state index in [4.69, 9.17) is 0 Å². The number of hydrogen-bond donors (Lipinski definition) is 1. The van der Waals surface area contributed by atoms with Gasteiger partial charge in [-0.15, -0.1) is 0 Å². The summed E-state index contributed by atoms with van der Waals surface area (Å²) in [5, 5.41) is 9.67. The largest absolute Gasteiger partial charge is 0.435 e. The van der Waals surface area contributed by atoms with Crippen LogP contribution in [0.3, 0.4) is 0 Å². The van der Waals surface area contributed by atoms with Gasteiger partial charge in [-0.25, -0.2) is 0 Å². The van der Waals surface area contributed by atoms with Crippen molar-refractivity contribution >= 4 is 0 Å². The van der Waals surface area contributed by atoms with Gasteiger partial charge in [0.25, 0.3) is 0 Å². The zero-order chi connectivity index (χ0) is 13.8. The number of benzene rings is 1. The lowest BCUT2D eigenvalue weighted by atomic mass is 10.0. The second kappa shape index (κ2) is 6.30. The fraction of sp³-hybridized carbons (Fsp3) is 0.571. The normalized spacial score (nSPS) is 22.5. The molecule has 5 heteroatoms. The first-order valence-corrected chi connectivity index (χ1v) is 6.53. The van der Waals surface area contributed by atoms with Gasteiger partial charge >= 0.3 is 6.61 Å². The van der Waals surface area contributed by atoms with E-state index >= 15 is 0 Å². The average molecular weight is 271 g/mol. The summed E-state index contributed by atoms with van der Waals surface area (Å²) in [6.07, 6.45) is 1.57. The molecule has 1 fully saturated rings. The first-order chi connectivity index (χ1) is 9.06. The van der Waals surface area contributed by atoms with Crippen LogP contribution >= 0.6 is 0 Å². The number of β-amino-alcohol motifs (C(OH)–C–C–N with tert-alkyl or cyclic N) is 1. The summed E-state index contributed by atoms with van der Waals surface area (Å²) in [4.78, 5) is 2.21. The molecule has 2 rings (SSSR count). The molecule has 2 atom stereocenters. The van der Waals surface area contributed by atoms with Crippen molar-refractivity contribution in [2.45, 2.75) is 38.5 Å². The summed E-state index contributed by atoms with van der Waals surface area (Å²) >= 11 is 0. The van der Waals surface area contributed by atoms with Crippen LogP contribution in [0, 0.1) is 0 Å². The third-order valence-electron chi connectivity index (χ3n) is 3.56. The second-order valence-corrected chi connectivity index (χ2v) is 4.91. The van der Waals surface area contributed by atoms with Gasteiger partial charge in [-0.3, -0.25) is 4.90 Å². The fourth-order valence-electron chi connectivity index (χ4n) is 2.47. The lowest BCUT2D eigenvalue weighted by Crippen LogP contribution is -2.39. The molecule has 1 heterocycles. The molecule has 3 nitrogen and oxygen atoms in total.